The average molecular weight is 446 g/mol. The van der Waals surface area contributed by atoms with E-state index >= 15 is 0 Å². The fourth-order valence-electron chi connectivity index (χ4n) is 2.84. The Morgan fingerprint density at radius 3 is 1.52 bits per heavy atom. The van der Waals surface area contributed by atoms with Crippen molar-refractivity contribution in [3.8, 4) is 11.5 Å². The van der Waals surface area contributed by atoms with Crippen molar-refractivity contribution < 1.29 is 34.8 Å². The molecule has 168 valence electrons. The van der Waals surface area contributed by atoms with Crippen LogP contribution in [0.3, 0.4) is 0 Å². The smallest absolute Gasteiger partial charge is 0.335 e. The topological polar surface area (TPSA) is 132 Å². The van der Waals surface area contributed by atoms with Crippen LogP contribution in [0.25, 0.3) is 10.8 Å². The number of phenolic OH excluding ortho intramolecular Hbond substituents is 2. The van der Waals surface area contributed by atoms with Gasteiger partial charge in [-0.1, -0.05) is 42.5 Å². The Balaban J connectivity index is 0.000000186. The first kappa shape index (κ1) is 24.6. The Hall–Kier alpha value is -4.65. The highest BCUT2D eigenvalue weighted by molar-refractivity contribution is 6.09. The zero-order valence-corrected chi connectivity index (χ0v) is 17.7. The molecule has 0 fully saturated rings. The van der Waals surface area contributed by atoms with Crippen molar-refractivity contribution in [2.75, 3.05) is 0 Å². The minimum absolute atomic E-state index is 0.0271. The maximum Gasteiger partial charge on any atom is 0.335 e. The van der Waals surface area contributed by atoms with Crippen molar-refractivity contribution in [3.63, 3.8) is 0 Å². The van der Waals surface area contributed by atoms with Gasteiger partial charge in [0.15, 0.2) is 5.78 Å². The van der Waals surface area contributed by atoms with Gasteiger partial charge in [-0.05, 0) is 66.2 Å². The monoisotopic (exact) mass is 446 g/mol. The number of aromatic hydroxyl groups is 2. The number of carbonyl (C=O) groups excluding carboxylic acids is 1. The molecular formula is C26H22O7. The third-order valence-electron chi connectivity index (χ3n) is 4.37. The number of hydrogen-bond acceptors (Lipinski definition) is 5. The van der Waals surface area contributed by atoms with Gasteiger partial charge in [0, 0.05) is 0 Å². The predicted molar refractivity (Wildman–Crippen MR) is 124 cm³/mol. The highest BCUT2D eigenvalue weighted by atomic mass is 16.4. The van der Waals surface area contributed by atoms with Gasteiger partial charge in [0.05, 0.1) is 16.7 Å². The van der Waals surface area contributed by atoms with Crippen molar-refractivity contribution >= 4 is 28.5 Å². The van der Waals surface area contributed by atoms with E-state index in [1.54, 1.807) is 78.9 Å². The van der Waals surface area contributed by atoms with Crippen LogP contribution in [0, 0.1) is 0 Å². The first-order valence-electron chi connectivity index (χ1n) is 9.73. The van der Waals surface area contributed by atoms with Crippen molar-refractivity contribution in [2.45, 2.75) is 6.92 Å². The van der Waals surface area contributed by atoms with Gasteiger partial charge in [-0.25, -0.2) is 9.59 Å². The predicted octanol–water partition coefficient (Wildman–Crippen LogP) is 5.22. The van der Waals surface area contributed by atoms with Gasteiger partial charge in [-0.15, -0.1) is 0 Å². The van der Waals surface area contributed by atoms with Gasteiger partial charge in [-0.2, -0.15) is 0 Å². The molecule has 0 aromatic heterocycles. The molecule has 0 bridgehead atoms. The number of fused-ring (bicyclic) bond motifs is 1. The summed E-state index contributed by atoms with van der Waals surface area (Å²) in [5.41, 5.74) is 0.961. The summed E-state index contributed by atoms with van der Waals surface area (Å²) in [6, 6.07) is 24.4. The number of benzene rings is 4. The molecule has 0 aliphatic carbocycles. The highest BCUT2D eigenvalue weighted by Crippen LogP contribution is 2.29. The van der Waals surface area contributed by atoms with Crippen LogP contribution in [-0.2, 0) is 0 Å². The summed E-state index contributed by atoms with van der Waals surface area (Å²) in [5, 5.41) is 37.0. The molecule has 0 heterocycles. The third-order valence-corrected chi connectivity index (χ3v) is 4.37. The molecule has 0 amide bonds. The lowest BCUT2D eigenvalue weighted by Crippen LogP contribution is -1.94. The lowest BCUT2D eigenvalue weighted by Gasteiger charge is -2.06. The number of carboxylic acids is 2. The molecule has 4 N–H and O–H groups in total. The van der Waals surface area contributed by atoms with Gasteiger partial charge in [-0.3, -0.25) is 4.79 Å². The Labute approximate surface area is 189 Å². The van der Waals surface area contributed by atoms with E-state index in [1.807, 2.05) is 0 Å². The van der Waals surface area contributed by atoms with Crippen LogP contribution in [0.15, 0.2) is 91.0 Å². The molecule has 0 saturated heterocycles. The van der Waals surface area contributed by atoms with E-state index in [0.717, 1.165) is 5.39 Å². The van der Waals surface area contributed by atoms with Crippen molar-refractivity contribution in [3.05, 3.63) is 108 Å². The highest BCUT2D eigenvalue weighted by Gasteiger charge is 2.11. The van der Waals surface area contributed by atoms with Crippen molar-refractivity contribution in [1.82, 2.24) is 0 Å². The molecule has 0 atom stereocenters. The molecule has 0 saturated carbocycles. The lowest BCUT2D eigenvalue weighted by molar-refractivity contribution is 0.0686. The minimum Gasteiger partial charge on any atom is -0.508 e. The zero-order chi connectivity index (χ0) is 24.4. The summed E-state index contributed by atoms with van der Waals surface area (Å²) in [5.74, 6) is -1.83. The van der Waals surface area contributed by atoms with Crippen LogP contribution in [0.4, 0.5) is 0 Å². The standard InChI is InChI=1S/C12H10O3.2C7H6O2/c1-7(13)12-10-4-3-9(14)6-8(10)2-5-11(12)15;2*8-7(9)6-4-2-1-3-5-6/h2-6,14-15H,1H3;2*1-5H,(H,8,9). The number of carboxylic acid groups (broad SMARTS) is 2. The van der Waals surface area contributed by atoms with Crippen LogP contribution in [-0.4, -0.2) is 38.1 Å². The zero-order valence-electron chi connectivity index (χ0n) is 17.7. The Morgan fingerprint density at radius 2 is 1.12 bits per heavy atom. The molecule has 4 aromatic carbocycles. The maximum atomic E-state index is 11.3. The Kier molecular flexibility index (Phi) is 8.70. The summed E-state index contributed by atoms with van der Waals surface area (Å²) in [6.45, 7) is 1.40. The summed E-state index contributed by atoms with van der Waals surface area (Å²) in [6.07, 6.45) is 0. The summed E-state index contributed by atoms with van der Waals surface area (Å²) in [7, 11) is 0. The average Bonchev–Trinajstić information content (AvgIpc) is 2.81. The van der Waals surface area contributed by atoms with Gasteiger partial charge in [0.1, 0.15) is 11.5 Å². The largest absolute Gasteiger partial charge is 0.508 e. The molecule has 0 aliphatic heterocycles. The molecule has 0 radical (unpaired) electrons. The lowest BCUT2D eigenvalue weighted by atomic mass is 10.0. The molecule has 0 unspecified atom stereocenters. The van der Waals surface area contributed by atoms with Gasteiger partial charge >= 0.3 is 11.9 Å². The molecule has 7 heteroatoms. The van der Waals surface area contributed by atoms with Crippen LogP contribution < -0.4 is 0 Å². The second-order valence-corrected chi connectivity index (χ2v) is 6.76. The summed E-state index contributed by atoms with van der Waals surface area (Å²) in [4.78, 5) is 31.7. The molecule has 4 rings (SSSR count). The van der Waals surface area contributed by atoms with Gasteiger partial charge in [0.2, 0.25) is 0 Å². The summed E-state index contributed by atoms with van der Waals surface area (Å²) >= 11 is 0. The maximum absolute atomic E-state index is 11.3. The van der Waals surface area contributed by atoms with Gasteiger partial charge < -0.3 is 20.4 Å². The molecule has 0 spiro atoms. The van der Waals surface area contributed by atoms with E-state index in [1.165, 1.54) is 19.1 Å². The minimum atomic E-state index is -0.879. The molecule has 33 heavy (non-hydrogen) atoms. The third kappa shape index (κ3) is 7.22. The van der Waals surface area contributed by atoms with E-state index in [2.05, 4.69) is 0 Å². The number of aromatic carboxylic acids is 2. The van der Waals surface area contributed by atoms with Crippen molar-refractivity contribution in [1.29, 1.82) is 0 Å². The Morgan fingerprint density at radius 1 is 0.636 bits per heavy atom. The summed E-state index contributed by atoms with van der Waals surface area (Å²) < 4.78 is 0. The number of rotatable bonds is 3. The van der Waals surface area contributed by atoms with Gasteiger partial charge in [0.25, 0.3) is 0 Å². The first-order valence-corrected chi connectivity index (χ1v) is 9.73. The molecule has 4 aromatic rings. The molecule has 7 nitrogen and oxygen atoms in total. The normalized spacial score (nSPS) is 9.61. The van der Waals surface area contributed by atoms with E-state index in [0.29, 0.717) is 22.1 Å². The van der Waals surface area contributed by atoms with Crippen LogP contribution in [0.2, 0.25) is 0 Å². The van der Waals surface area contributed by atoms with Crippen LogP contribution in [0.1, 0.15) is 38.0 Å². The van der Waals surface area contributed by atoms with Crippen molar-refractivity contribution in [2.24, 2.45) is 0 Å². The number of phenols is 2. The second kappa shape index (κ2) is 11.7. The van der Waals surface area contributed by atoms with Crippen LogP contribution in [0.5, 0.6) is 11.5 Å². The fraction of sp³-hybridized carbons (Fsp3) is 0.0385. The first-order chi connectivity index (χ1) is 15.7. The van der Waals surface area contributed by atoms with E-state index in [-0.39, 0.29) is 17.3 Å². The number of ketones is 1. The van der Waals surface area contributed by atoms with E-state index in [4.69, 9.17) is 10.2 Å². The molecular weight excluding hydrogens is 424 g/mol. The number of hydrogen-bond donors (Lipinski definition) is 4. The number of Topliss-reactive ketones (excluding diaryl/α,β-unsaturated/α-hetero) is 1. The van der Waals surface area contributed by atoms with E-state index < -0.39 is 11.9 Å². The second-order valence-electron chi connectivity index (χ2n) is 6.76. The van der Waals surface area contributed by atoms with Crippen LogP contribution >= 0.6 is 0 Å². The SMILES string of the molecule is CC(=O)c1c(O)ccc2cc(O)ccc12.O=C(O)c1ccccc1.O=C(O)c1ccccc1. The fourth-order valence-corrected chi connectivity index (χ4v) is 2.84. The Bertz CT molecular complexity index is 1200. The van der Waals surface area contributed by atoms with E-state index in [9.17, 15) is 24.6 Å². The quantitative estimate of drug-likeness (QED) is 0.317. The number of carbonyl (C=O) groups is 3. The molecule has 0 aliphatic rings.